The van der Waals surface area contributed by atoms with E-state index in [0.717, 1.165) is 55.6 Å². The fourth-order valence-electron chi connectivity index (χ4n) is 3.34. The Labute approximate surface area is 116 Å². The monoisotopic (exact) mass is 271 g/mol. The van der Waals surface area contributed by atoms with Gasteiger partial charge in [-0.2, -0.15) is 5.10 Å². The maximum absolute atomic E-state index is 12.6. The van der Waals surface area contributed by atoms with Gasteiger partial charge in [0.25, 0.3) is 5.91 Å². The van der Waals surface area contributed by atoms with Crippen LogP contribution in [-0.2, 0) is 4.74 Å². The van der Waals surface area contributed by atoms with Crippen molar-refractivity contribution in [1.29, 1.82) is 0 Å². The van der Waals surface area contributed by atoms with Gasteiger partial charge in [0.1, 0.15) is 0 Å². The Hall–Kier alpha value is -1.88. The molecule has 1 aromatic heterocycles. The molecule has 104 valence electrons. The average Bonchev–Trinajstić information content (AvgIpc) is 3.19. The largest absolute Gasteiger partial charge is 0.381 e. The van der Waals surface area contributed by atoms with E-state index in [2.05, 4.69) is 10.2 Å². The zero-order chi connectivity index (χ0) is 13.6. The number of hydrogen-bond acceptors (Lipinski definition) is 3. The first kappa shape index (κ1) is 11.9. The molecule has 1 atom stereocenters. The molecule has 20 heavy (non-hydrogen) atoms. The minimum atomic E-state index is 0.122. The molecule has 2 aliphatic heterocycles. The van der Waals surface area contributed by atoms with Gasteiger partial charge in [-0.05, 0) is 31.0 Å². The van der Waals surface area contributed by atoms with Crippen LogP contribution >= 0.6 is 0 Å². The van der Waals surface area contributed by atoms with Crippen molar-refractivity contribution in [3.8, 4) is 0 Å². The number of ether oxygens (including phenoxy) is 1. The molecule has 2 fully saturated rings. The van der Waals surface area contributed by atoms with E-state index in [9.17, 15) is 4.79 Å². The van der Waals surface area contributed by atoms with Crippen LogP contribution in [0.25, 0.3) is 10.9 Å². The molecule has 0 bridgehead atoms. The van der Waals surface area contributed by atoms with Crippen molar-refractivity contribution in [3.05, 3.63) is 30.0 Å². The molecule has 0 radical (unpaired) electrons. The van der Waals surface area contributed by atoms with E-state index in [1.54, 1.807) is 6.20 Å². The number of H-pyrrole nitrogens is 1. The summed E-state index contributed by atoms with van der Waals surface area (Å²) < 4.78 is 5.51. The highest BCUT2D eigenvalue weighted by molar-refractivity contribution is 5.98. The van der Waals surface area contributed by atoms with Crippen LogP contribution in [-0.4, -0.2) is 47.3 Å². The number of hydrogen-bond donors (Lipinski definition) is 1. The molecule has 1 spiro atoms. The molecule has 1 N–H and O–H groups in total. The number of carbonyl (C=O) groups excluding carboxylic acids is 1. The maximum Gasteiger partial charge on any atom is 0.253 e. The minimum absolute atomic E-state index is 0.122. The van der Waals surface area contributed by atoms with Crippen molar-refractivity contribution in [2.75, 3.05) is 26.3 Å². The Bertz CT molecular complexity index is 658. The lowest BCUT2D eigenvalue weighted by atomic mass is 9.87. The molecule has 5 nitrogen and oxygen atoms in total. The molecule has 3 heterocycles. The van der Waals surface area contributed by atoms with Gasteiger partial charge in [-0.25, -0.2) is 0 Å². The summed E-state index contributed by atoms with van der Waals surface area (Å²) in [6.07, 6.45) is 3.90. The molecule has 1 amide bonds. The number of rotatable bonds is 1. The van der Waals surface area contributed by atoms with Crippen LogP contribution in [0.1, 0.15) is 23.2 Å². The zero-order valence-electron chi connectivity index (χ0n) is 11.3. The van der Waals surface area contributed by atoms with E-state index >= 15 is 0 Å². The molecule has 5 heteroatoms. The van der Waals surface area contributed by atoms with Crippen LogP contribution in [0, 0.1) is 5.41 Å². The van der Waals surface area contributed by atoms with Crippen molar-refractivity contribution in [2.24, 2.45) is 5.41 Å². The lowest BCUT2D eigenvalue weighted by Crippen LogP contribution is -2.32. The number of nitrogens with zero attached hydrogens (tertiary/aromatic N) is 2. The third kappa shape index (κ3) is 1.81. The van der Waals surface area contributed by atoms with Crippen molar-refractivity contribution in [1.82, 2.24) is 15.1 Å². The van der Waals surface area contributed by atoms with Crippen LogP contribution in [0.5, 0.6) is 0 Å². The molecule has 2 aliphatic rings. The van der Waals surface area contributed by atoms with Gasteiger partial charge in [0.2, 0.25) is 0 Å². The Morgan fingerprint density at radius 1 is 1.40 bits per heavy atom. The standard InChI is InChI=1S/C15H17N3O2/c19-14(11-1-2-13-12(7-11)8-16-17-13)18-5-3-15(9-18)4-6-20-10-15/h1-2,7-8H,3-6,9-10H2,(H,16,17). The first-order chi connectivity index (χ1) is 9.76. The predicted molar refractivity (Wildman–Crippen MR) is 74.5 cm³/mol. The summed E-state index contributed by atoms with van der Waals surface area (Å²) in [6.45, 7) is 3.31. The zero-order valence-corrected chi connectivity index (χ0v) is 11.3. The third-order valence-corrected chi connectivity index (χ3v) is 4.60. The molecule has 2 saturated heterocycles. The van der Waals surface area contributed by atoms with E-state index in [1.807, 2.05) is 23.1 Å². The Balaban J connectivity index is 1.57. The number of nitrogens with one attached hydrogen (secondary N) is 1. The van der Waals surface area contributed by atoms with Gasteiger partial charge >= 0.3 is 0 Å². The van der Waals surface area contributed by atoms with E-state index in [4.69, 9.17) is 4.74 Å². The highest BCUT2D eigenvalue weighted by Crippen LogP contribution is 2.38. The number of fused-ring (bicyclic) bond motifs is 1. The second-order valence-electron chi connectivity index (χ2n) is 5.95. The van der Waals surface area contributed by atoms with E-state index in [0.29, 0.717) is 0 Å². The molecule has 1 unspecified atom stereocenters. The third-order valence-electron chi connectivity index (χ3n) is 4.60. The molecule has 0 saturated carbocycles. The van der Waals surface area contributed by atoms with E-state index in [-0.39, 0.29) is 11.3 Å². The highest BCUT2D eigenvalue weighted by atomic mass is 16.5. The fraction of sp³-hybridized carbons (Fsp3) is 0.467. The lowest BCUT2D eigenvalue weighted by Gasteiger charge is -2.22. The second kappa shape index (κ2) is 4.31. The van der Waals surface area contributed by atoms with Crippen LogP contribution in [0.3, 0.4) is 0 Å². The number of amides is 1. The van der Waals surface area contributed by atoms with Gasteiger partial charge < -0.3 is 9.64 Å². The highest BCUT2D eigenvalue weighted by Gasteiger charge is 2.42. The van der Waals surface area contributed by atoms with E-state index in [1.165, 1.54) is 0 Å². The molecule has 2 aromatic rings. The van der Waals surface area contributed by atoms with Gasteiger partial charge in [-0.3, -0.25) is 9.89 Å². The predicted octanol–water partition coefficient (Wildman–Crippen LogP) is 1.82. The van der Waals surface area contributed by atoms with Crippen molar-refractivity contribution >= 4 is 16.8 Å². The summed E-state index contributed by atoms with van der Waals surface area (Å²) in [5.74, 6) is 0.122. The summed E-state index contributed by atoms with van der Waals surface area (Å²) in [4.78, 5) is 14.6. The normalized spacial score (nSPS) is 25.9. The maximum atomic E-state index is 12.6. The summed E-state index contributed by atoms with van der Waals surface area (Å²) in [7, 11) is 0. The number of carbonyl (C=O) groups is 1. The minimum Gasteiger partial charge on any atom is -0.381 e. The number of likely N-dealkylation sites (tertiary alicyclic amines) is 1. The lowest BCUT2D eigenvalue weighted by molar-refractivity contribution is 0.0766. The first-order valence-electron chi connectivity index (χ1n) is 7.06. The number of aromatic nitrogens is 2. The smallest absolute Gasteiger partial charge is 0.253 e. The topological polar surface area (TPSA) is 58.2 Å². The summed E-state index contributed by atoms with van der Waals surface area (Å²) >= 11 is 0. The molecular formula is C15H17N3O2. The Morgan fingerprint density at radius 2 is 2.35 bits per heavy atom. The average molecular weight is 271 g/mol. The number of benzene rings is 1. The first-order valence-corrected chi connectivity index (χ1v) is 7.06. The Kier molecular flexibility index (Phi) is 2.57. The molecule has 1 aromatic carbocycles. The SMILES string of the molecule is O=C(c1ccc2[nH]ncc2c1)N1CCC2(CCOC2)C1. The Morgan fingerprint density at radius 3 is 3.20 bits per heavy atom. The van der Waals surface area contributed by atoms with Gasteiger partial charge in [0.15, 0.2) is 0 Å². The van der Waals surface area contributed by atoms with Crippen LogP contribution in [0.2, 0.25) is 0 Å². The van der Waals surface area contributed by atoms with Crippen LogP contribution in [0.15, 0.2) is 24.4 Å². The molecular weight excluding hydrogens is 254 g/mol. The van der Waals surface area contributed by atoms with Gasteiger partial charge in [-0.1, -0.05) is 0 Å². The molecule has 0 aliphatic carbocycles. The molecule has 4 rings (SSSR count). The van der Waals surface area contributed by atoms with Crippen molar-refractivity contribution < 1.29 is 9.53 Å². The van der Waals surface area contributed by atoms with Crippen molar-refractivity contribution in [2.45, 2.75) is 12.8 Å². The number of aromatic amines is 1. The van der Waals surface area contributed by atoms with Crippen molar-refractivity contribution in [3.63, 3.8) is 0 Å². The van der Waals surface area contributed by atoms with Gasteiger partial charge in [0.05, 0.1) is 18.3 Å². The summed E-state index contributed by atoms with van der Waals surface area (Å²) in [5, 5.41) is 7.87. The van der Waals surface area contributed by atoms with Gasteiger partial charge in [-0.15, -0.1) is 0 Å². The van der Waals surface area contributed by atoms with Crippen LogP contribution < -0.4 is 0 Å². The quantitative estimate of drug-likeness (QED) is 0.860. The summed E-state index contributed by atoms with van der Waals surface area (Å²) in [5.41, 5.74) is 1.92. The summed E-state index contributed by atoms with van der Waals surface area (Å²) in [6, 6.07) is 5.70. The van der Waals surface area contributed by atoms with Gasteiger partial charge in [0, 0.05) is 36.1 Å². The van der Waals surface area contributed by atoms with E-state index < -0.39 is 0 Å². The van der Waals surface area contributed by atoms with Crippen LogP contribution in [0.4, 0.5) is 0 Å². The second-order valence-corrected chi connectivity index (χ2v) is 5.95. The fourth-order valence-corrected chi connectivity index (χ4v) is 3.34.